The molecule has 0 bridgehead atoms. The van der Waals surface area contributed by atoms with Gasteiger partial charge in [-0.25, -0.2) is 0 Å². The zero-order valence-corrected chi connectivity index (χ0v) is 56.5. The van der Waals surface area contributed by atoms with Crippen LogP contribution in [0.4, 0.5) is 0 Å². The largest absolute Gasteiger partial charge is 0.172 e. The van der Waals surface area contributed by atoms with Gasteiger partial charge in [0.05, 0.1) is 63.4 Å². The second kappa shape index (κ2) is 24.1. The summed E-state index contributed by atoms with van der Waals surface area (Å²) >= 11 is 29.6. The van der Waals surface area contributed by atoms with Gasteiger partial charge in [0.25, 0.3) is 0 Å². The van der Waals surface area contributed by atoms with Gasteiger partial charge >= 0.3 is 0 Å². The molecule has 356 valence electrons. The maximum atomic E-state index is 4.85. The first-order valence-corrected chi connectivity index (χ1v) is 42.1. The Hall–Kier alpha value is 0.00377. The number of aryl methyl sites for hydroxylation is 2. The topological polar surface area (TPSA) is 103 Å². The zero-order valence-electron chi connectivity index (χ0n) is 38.7. The van der Waals surface area contributed by atoms with Crippen molar-refractivity contribution in [3.63, 3.8) is 0 Å². The van der Waals surface area contributed by atoms with Gasteiger partial charge in [-0.3, -0.25) is 0 Å². The number of aromatic nitrogens is 8. The molecule has 10 rings (SSSR count). The van der Waals surface area contributed by atoms with Crippen LogP contribution in [0.15, 0.2) is 4.90 Å². The maximum Gasteiger partial charge on any atom is 0.138 e. The lowest BCUT2D eigenvalue weighted by atomic mass is 9.95. The highest BCUT2D eigenvalue weighted by Crippen LogP contribution is 2.50. The molecule has 0 fully saturated rings. The molecule has 0 radical (unpaired) electrons. The quantitative estimate of drug-likeness (QED) is 0.0484. The van der Waals surface area contributed by atoms with Crippen molar-refractivity contribution in [2.24, 2.45) is 0 Å². The summed E-state index contributed by atoms with van der Waals surface area (Å²) in [4.78, 5) is 2.46. The number of nitrogens with zero attached hydrogens (tertiary/aromatic N) is 8. The Labute approximate surface area is 488 Å². The van der Waals surface area contributed by atoms with Crippen LogP contribution in [0.5, 0.6) is 0 Å². The van der Waals surface area contributed by atoms with Gasteiger partial charge in [0.15, 0.2) is 0 Å². The van der Waals surface area contributed by atoms with Gasteiger partial charge in [0.2, 0.25) is 0 Å². The van der Waals surface area contributed by atoms with E-state index in [1.54, 1.807) is 16.3 Å². The van der Waals surface area contributed by atoms with Crippen molar-refractivity contribution in [1.29, 1.82) is 0 Å². The van der Waals surface area contributed by atoms with Crippen LogP contribution in [0.1, 0.15) is 70.0 Å². The molecule has 0 N–H and O–H groups in total. The van der Waals surface area contributed by atoms with E-state index in [2.05, 4.69) is 172 Å². The van der Waals surface area contributed by atoms with Crippen LogP contribution in [-0.4, -0.2) is 62.7 Å². The second-order valence-corrected chi connectivity index (χ2v) is 34.4. The first-order chi connectivity index (χ1) is 32.9. The van der Waals surface area contributed by atoms with Gasteiger partial charge < -0.3 is 0 Å². The first-order valence-electron chi connectivity index (χ1n) is 21.6. The molecule has 0 saturated carbocycles. The smallest absolute Gasteiger partial charge is 0.138 e. The van der Waals surface area contributed by atoms with E-state index in [9.17, 15) is 0 Å². The Morgan fingerprint density at radius 3 is 1.41 bits per heavy atom. The molecule has 6 heterocycles. The molecule has 68 heavy (non-hydrogen) atoms. The third-order valence-corrected chi connectivity index (χ3v) is 33.7. The normalized spacial score (nSPS) is 11.8. The van der Waals surface area contributed by atoms with Crippen molar-refractivity contribution < 1.29 is 0 Å². The predicted molar refractivity (Wildman–Crippen MR) is 347 cm³/mol. The minimum atomic E-state index is -1.60. The van der Waals surface area contributed by atoms with Crippen LogP contribution in [-0.2, 0) is 0 Å². The molecule has 0 amide bonds. The van der Waals surface area contributed by atoms with Crippen LogP contribution in [0.25, 0.3) is 85.9 Å². The molecule has 4 aromatic carbocycles. The van der Waals surface area contributed by atoms with E-state index >= 15 is 0 Å². The third kappa shape index (κ3) is 9.54. The number of rotatable bonds is 8. The van der Waals surface area contributed by atoms with E-state index in [0.29, 0.717) is 0 Å². The number of thioether (sulfide) groups is 1. The Bertz CT molecular complexity index is 3610. The van der Waals surface area contributed by atoms with Crippen molar-refractivity contribution >= 4 is 293 Å². The van der Waals surface area contributed by atoms with Crippen LogP contribution in [0.3, 0.4) is 0 Å². The molecule has 0 aliphatic heterocycles. The van der Waals surface area contributed by atoms with Gasteiger partial charge in [-0.1, -0.05) is 71.5 Å². The first kappa shape index (κ1) is 55.7. The highest BCUT2D eigenvalue weighted by atomic mass is 128. The summed E-state index contributed by atoms with van der Waals surface area (Å²) in [7, 11) is -3.15. The summed E-state index contributed by atoms with van der Waals surface area (Å²) in [6.45, 7) is 20.2. The summed E-state index contributed by atoms with van der Waals surface area (Å²) in [5.41, 5.74) is 14.6. The number of halogens is 6. The Balaban J connectivity index is 0.000000184. The molecule has 6 aromatic heterocycles. The number of hydrogen-bond acceptors (Lipinski definition) is 15. The minimum absolute atomic E-state index is 0.194. The fraction of sp³-hybridized carbons (Fsp3) is 0.378. The monoisotopic (exact) mass is 1550 g/mol. The molecular formula is C45H44Cl2I4N8S7Si2. The Morgan fingerprint density at radius 1 is 0.544 bits per heavy atom. The van der Waals surface area contributed by atoms with Gasteiger partial charge in [-0.15, -0.1) is 69.1 Å². The Morgan fingerprint density at radius 2 is 0.956 bits per heavy atom. The molecule has 8 nitrogen and oxygen atoms in total. The van der Waals surface area contributed by atoms with Crippen molar-refractivity contribution in [1.82, 2.24) is 35.0 Å². The van der Waals surface area contributed by atoms with Gasteiger partial charge in [-0.05, 0) is 95.9 Å². The average Bonchev–Trinajstić information content (AvgIpc) is 4.24. The highest BCUT2D eigenvalue weighted by Gasteiger charge is 2.36. The third-order valence-electron chi connectivity index (χ3n) is 13.3. The van der Waals surface area contributed by atoms with Crippen LogP contribution in [0.2, 0.25) is 36.3 Å². The predicted octanol–water partition coefficient (Wildman–Crippen LogP) is 18.4. The van der Waals surface area contributed by atoms with Crippen molar-refractivity contribution in [3.05, 3.63) is 28.7 Å². The summed E-state index contributed by atoms with van der Waals surface area (Å²) in [5.74, 6) is 9.91. The Kier molecular flexibility index (Phi) is 19.8. The molecule has 0 atom stereocenters. The number of thiophene rings is 2. The van der Waals surface area contributed by atoms with Crippen LogP contribution < -0.4 is 4.50 Å². The summed E-state index contributed by atoms with van der Waals surface area (Å²) in [6, 6.07) is 7.35. The van der Waals surface area contributed by atoms with E-state index in [1.165, 1.54) is 126 Å². The summed E-state index contributed by atoms with van der Waals surface area (Å²) in [5, 5.41) is 7.38. The number of alkyl halides is 2. The fourth-order valence-electron chi connectivity index (χ4n) is 9.20. The van der Waals surface area contributed by atoms with Gasteiger partial charge in [-0.2, -0.15) is 35.0 Å². The van der Waals surface area contributed by atoms with Gasteiger partial charge in [0.1, 0.15) is 60.3 Å². The molecule has 10 aromatic rings. The lowest BCUT2D eigenvalue weighted by Crippen LogP contribution is -2.45. The number of benzene rings is 4. The lowest BCUT2D eigenvalue weighted by Gasteiger charge is -2.27. The van der Waals surface area contributed by atoms with Crippen LogP contribution in [0, 0.1) is 44.3 Å². The molecule has 0 saturated heterocycles. The average molecular weight is 1560 g/mol. The van der Waals surface area contributed by atoms with Crippen molar-refractivity contribution in [2.45, 2.75) is 103 Å². The number of hydrogen-bond donors (Lipinski definition) is 0. The SMILES string of the molecule is CC#Cc1c(C)c2c3nsnc3c(C#C[Si](CC)(CC)CC)c(SC)c2c2nsnc12.CC[Si](CC)(CC)c1sc2c(c1I)c1nsnc1c1c3sc(C)c(I)c3c3nsnc3c21.ClCCl.II. The molecule has 0 aliphatic rings. The van der Waals surface area contributed by atoms with Crippen LogP contribution >= 0.6 is 187 Å². The maximum absolute atomic E-state index is 4.85. The fourth-order valence-corrected chi connectivity index (χ4v) is 26.0. The van der Waals surface area contributed by atoms with E-state index < -0.39 is 16.1 Å². The molecule has 0 aliphatic carbocycles. The lowest BCUT2D eigenvalue weighted by molar-refractivity contribution is 1.20. The van der Waals surface area contributed by atoms with E-state index in [4.69, 9.17) is 53.8 Å². The van der Waals surface area contributed by atoms with Gasteiger partial charge in [0, 0.05) is 100 Å². The van der Waals surface area contributed by atoms with Crippen molar-refractivity contribution in [2.75, 3.05) is 11.6 Å². The van der Waals surface area contributed by atoms with E-state index in [0.717, 1.165) is 76.5 Å². The molecule has 23 heteroatoms. The second-order valence-electron chi connectivity index (χ2n) is 15.8. The summed E-state index contributed by atoms with van der Waals surface area (Å²) < 4.78 is 45.0. The molecule has 0 spiro atoms. The van der Waals surface area contributed by atoms with E-state index in [1.807, 2.05) is 29.6 Å². The van der Waals surface area contributed by atoms with E-state index in [-0.39, 0.29) is 5.34 Å². The zero-order chi connectivity index (χ0) is 49.2. The number of fused-ring (bicyclic) bond motifs is 16. The molecule has 0 unspecified atom stereocenters. The highest BCUT2D eigenvalue weighted by molar-refractivity contribution is 15.0. The minimum Gasteiger partial charge on any atom is -0.172 e. The standard InChI is InChI=1S/C23H24N4S3Si.C21H18I2N4S4Si.CH2Cl2.I2/c1-7-11-15-14(5)17-18(22-19(15)24-29-27-22)23(28-6)16(20-21(17)26-30-25-20)12-13-31(8-2,9-3)10-4;1-5-32(6-2,7-3)21-14(23)12-18-15(24-31-27-18)9-10(20(12)29-21)16-17(26-30-25-16)11-13(22)8(4)28-19(9)11;2-1-3;1-2/h8-10H2,1-6H3;5-7H2,1-4H3;1H2;. The van der Waals surface area contributed by atoms with Crippen molar-refractivity contribution in [3.8, 4) is 23.3 Å². The molecular weight excluding hydrogens is 1510 g/mol. The summed E-state index contributed by atoms with van der Waals surface area (Å²) in [6.07, 6.45) is 2.11.